The molecule has 0 saturated heterocycles. The molecule has 2 aliphatic rings. The molecule has 0 heterocycles. The third-order valence-corrected chi connectivity index (χ3v) is 7.24. The summed E-state index contributed by atoms with van der Waals surface area (Å²) < 4.78 is 39.7. The first kappa shape index (κ1) is 26.5. The Balaban J connectivity index is 1.63. The van der Waals surface area contributed by atoms with Crippen LogP contribution in [-0.4, -0.2) is 35.7 Å². The number of amides is 1. The van der Waals surface area contributed by atoms with Gasteiger partial charge in [-0.25, -0.2) is 0 Å². The lowest BCUT2D eigenvalue weighted by Gasteiger charge is -2.37. The number of carbonyl (C=O) groups is 2. The minimum Gasteiger partial charge on any atom is -0.481 e. The van der Waals surface area contributed by atoms with Crippen LogP contribution in [-0.2, 0) is 16.0 Å². The molecule has 0 unspecified atom stereocenters. The van der Waals surface area contributed by atoms with Gasteiger partial charge in [0.2, 0.25) is 5.91 Å². The lowest BCUT2D eigenvalue weighted by Crippen LogP contribution is -2.39. The van der Waals surface area contributed by atoms with Gasteiger partial charge in [0.05, 0.1) is 41.8 Å². The van der Waals surface area contributed by atoms with E-state index in [0.717, 1.165) is 37.7 Å². The van der Waals surface area contributed by atoms with Crippen LogP contribution in [0.4, 0.5) is 24.5 Å². The van der Waals surface area contributed by atoms with E-state index in [1.807, 2.05) is 6.07 Å². The zero-order chi connectivity index (χ0) is 26.6. The number of hydrogen-bond acceptors (Lipinski definition) is 4. The number of benzene rings is 2. The first-order valence-electron chi connectivity index (χ1n) is 12.6. The number of hydrogen-bond donors (Lipinski definition) is 2. The molecule has 2 atom stereocenters. The molecular formula is C28H30F3N3O3. The average molecular weight is 514 g/mol. The van der Waals surface area contributed by atoms with Crippen LogP contribution in [0.15, 0.2) is 42.5 Å². The van der Waals surface area contributed by atoms with E-state index in [9.17, 15) is 27.9 Å². The normalized spacial score (nSPS) is 19.6. The van der Waals surface area contributed by atoms with Crippen molar-refractivity contribution < 1.29 is 27.9 Å². The summed E-state index contributed by atoms with van der Waals surface area (Å²) in [4.78, 5) is 26.2. The van der Waals surface area contributed by atoms with Crippen LogP contribution in [0.2, 0.25) is 0 Å². The summed E-state index contributed by atoms with van der Waals surface area (Å²) in [5.41, 5.74) is 2.86. The number of nitrogens with one attached hydrogen (secondary N) is 1. The highest BCUT2D eigenvalue weighted by molar-refractivity contribution is 5.96. The van der Waals surface area contributed by atoms with Gasteiger partial charge >= 0.3 is 12.1 Å². The fourth-order valence-electron chi connectivity index (χ4n) is 5.19. The largest absolute Gasteiger partial charge is 0.481 e. The maximum atomic E-state index is 13.2. The molecule has 0 bridgehead atoms. The van der Waals surface area contributed by atoms with E-state index in [1.54, 1.807) is 47.4 Å². The van der Waals surface area contributed by atoms with Crippen LogP contribution in [0.3, 0.4) is 0 Å². The Morgan fingerprint density at radius 1 is 1.08 bits per heavy atom. The molecule has 0 aromatic heterocycles. The number of aliphatic carboxylic acids is 1. The van der Waals surface area contributed by atoms with Crippen LogP contribution in [0.25, 0.3) is 0 Å². The van der Waals surface area contributed by atoms with E-state index >= 15 is 0 Å². The molecule has 9 heteroatoms. The summed E-state index contributed by atoms with van der Waals surface area (Å²) in [7, 11) is 0. The van der Waals surface area contributed by atoms with Crippen LogP contribution < -0.4 is 10.2 Å². The summed E-state index contributed by atoms with van der Waals surface area (Å²) in [6.45, 7) is -0.215. The summed E-state index contributed by atoms with van der Waals surface area (Å²) in [6.07, 6.45) is -0.265. The Morgan fingerprint density at radius 3 is 2.38 bits per heavy atom. The van der Waals surface area contributed by atoms with Gasteiger partial charge < -0.3 is 15.3 Å². The highest BCUT2D eigenvalue weighted by atomic mass is 19.4. The molecular weight excluding hydrogens is 483 g/mol. The van der Waals surface area contributed by atoms with Gasteiger partial charge in [-0.05, 0) is 60.6 Å². The highest BCUT2D eigenvalue weighted by Crippen LogP contribution is 2.49. The van der Waals surface area contributed by atoms with E-state index in [0.29, 0.717) is 28.9 Å². The van der Waals surface area contributed by atoms with Crippen molar-refractivity contribution in [1.82, 2.24) is 0 Å². The van der Waals surface area contributed by atoms with Crippen molar-refractivity contribution in [3.8, 4) is 6.07 Å². The summed E-state index contributed by atoms with van der Waals surface area (Å²) in [5.74, 6) is -1.89. The first-order chi connectivity index (χ1) is 17.6. The minimum absolute atomic E-state index is 0.0303. The number of alkyl halides is 3. The lowest BCUT2D eigenvalue weighted by molar-refractivity contribution is -0.138. The van der Waals surface area contributed by atoms with Gasteiger partial charge in [0.25, 0.3) is 0 Å². The van der Waals surface area contributed by atoms with E-state index in [2.05, 4.69) is 5.32 Å². The fraction of sp³-hybridized carbons (Fsp3) is 0.464. The number of nitriles is 1. The molecule has 0 spiro atoms. The van der Waals surface area contributed by atoms with Crippen LogP contribution in [0.1, 0.15) is 67.6 Å². The third kappa shape index (κ3) is 7.03. The number of halogens is 3. The fourth-order valence-corrected chi connectivity index (χ4v) is 5.19. The number of nitrogens with zero attached hydrogens (tertiary/aromatic N) is 2. The summed E-state index contributed by atoms with van der Waals surface area (Å²) in [5, 5.41) is 21.2. The molecule has 4 rings (SSSR count). The number of carboxylic acid groups (broad SMARTS) is 1. The van der Waals surface area contributed by atoms with Gasteiger partial charge in [0, 0.05) is 12.6 Å². The molecule has 0 radical (unpaired) electrons. The minimum atomic E-state index is -4.31. The van der Waals surface area contributed by atoms with Crippen LogP contribution >= 0.6 is 0 Å². The topological polar surface area (TPSA) is 93.4 Å². The smallest absolute Gasteiger partial charge is 0.390 e. The SMILES string of the molecule is N#Cc1ccc(CC(=O)Nc2cc([C@H]3C[C@H]3C(=O)O)ccc2N(CCC(F)(F)F)C2CCCCC2)cc1. The predicted molar refractivity (Wildman–Crippen MR) is 133 cm³/mol. The molecule has 2 aliphatic carbocycles. The Bertz CT molecular complexity index is 1170. The Hall–Kier alpha value is -3.54. The van der Waals surface area contributed by atoms with Crippen molar-refractivity contribution in [2.75, 3.05) is 16.8 Å². The summed E-state index contributed by atoms with van der Waals surface area (Å²) in [6, 6.07) is 13.8. The predicted octanol–water partition coefficient (Wildman–Crippen LogP) is 6.02. The molecule has 0 aliphatic heterocycles. The molecule has 196 valence electrons. The van der Waals surface area contributed by atoms with Gasteiger partial charge in [-0.15, -0.1) is 0 Å². The first-order valence-corrected chi connectivity index (χ1v) is 12.6. The number of carbonyl (C=O) groups excluding carboxylic acids is 1. The summed E-state index contributed by atoms with van der Waals surface area (Å²) >= 11 is 0. The average Bonchev–Trinajstić information content (AvgIpc) is 3.67. The van der Waals surface area contributed by atoms with Crippen molar-refractivity contribution in [3.05, 3.63) is 59.2 Å². The second-order valence-corrected chi connectivity index (χ2v) is 9.95. The Labute approximate surface area is 214 Å². The second kappa shape index (κ2) is 11.2. The lowest BCUT2D eigenvalue weighted by atomic mass is 9.93. The molecule has 2 N–H and O–H groups in total. The molecule has 2 fully saturated rings. The molecule has 2 saturated carbocycles. The van der Waals surface area contributed by atoms with Crippen molar-refractivity contribution in [2.45, 2.75) is 69.5 Å². The van der Waals surface area contributed by atoms with Crippen LogP contribution in [0.5, 0.6) is 0 Å². The second-order valence-electron chi connectivity index (χ2n) is 9.95. The van der Waals surface area contributed by atoms with Crippen molar-refractivity contribution >= 4 is 23.3 Å². The Kier molecular flexibility index (Phi) is 8.06. The molecule has 6 nitrogen and oxygen atoms in total. The maximum absolute atomic E-state index is 13.2. The van der Waals surface area contributed by atoms with E-state index in [1.165, 1.54) is 0 Å². The molecule has 37 heavy (non-hydrogen) atoms. The van der Waals surface area contributed by atoms with Crippen LogP contribution in [0, 0.1) is 17.2 Å². The molecule has 2 aromatic carbocycles. The van der Waals surface area contributed by atoms with Gasteiger partial charge in [-0.2, -0.15) is 18.4 Å². The van der Waals surface area contributed by atoms with Crippen molar-refractivity contribution in [2.24, 2.45) is 5.92 Å². The number of rotatable bonds is 9. The standard InChI is InChI=1S/C28H30F3N3O3/c29-28(30,31)12-13-34(21-4-2-1-3-5-21)25-11-10-20(22-16-23(22)27(36)37)15-24(25)33-26(35)14-18-6-8-19(17-32)9-7-18/h6-11,15,21-23H,1-5,12-14,16H2,(H,33,35)(H,36,37)/t22-,23-/m1/s1. The molecule has 1 amide bonds. The van der Waals surface area contributed by atoms with E-state index in [-0.39, 0.29) is 30.8 Å². The number of carboxylic acids is 1. The highest BCUT2D eigenvalue weighted by Gasteiger charge is 2.44. The van der Waals surface area contributed by atoms with Crippen molar-refractivity contribution in [1.29, 1.82) is 5.26 Å². The zero-order valence-electron chi connectivity index (χ0n) is 20.4. The van der Waals surface area contributed by atoms with Gasteiger partial charge in [0.1, 0.15) is 0 Å². The quantitative estimate of drug-likeness (QED) is 0.428. The Morgan fingerprint density at radius 2 is 1.78 bits per heavy atom. The zero-order valence-corrected chi connectivity index (χ0v) is 20.4. The van der Waals surface area contributed by atoms with Crippen molar-refractivity contribution in [3.63, 3.8) is 0 Å². The molecule has 2 aromatic rings. The van der Waals surface area contributed by atoms with E-state index in [4.69, 9.17) is 5.26 Å². The monoisotopic (exact) mass is 513 g/mol. The number of anilines is 2. The van der Waals surface area contributed by atoms with Gasteiger partial charge in [-0.3, -0.25) is 9.59 Å². The van der Waals surface area contributed by atoms with Gasteiger partial charge in [0.15, 0.2) is 0 Å². The van der Waals surface area contributed by atoms with Gasteiger partial charge in [-0.1, -0.05) is 37.5 Å². The maximum Gasteiger partial charge on any atom is 0.390 e. The van der Waals surface area contributed by atoms with E-state index < -0.39 is 24.5 Å². The third-order valence-electron chi connectivity index (χ3n) is 7.24.